The highest BCUT2D eigenvalue weighted by Crippen LogP contribution is 2.45. The van der Waals surface area contributed by atoms with Crippen LogP contribution in [-0.4, -0.2) is 26.5 Å². The minimum Gasteiger partial charge on any atom is -0.454 e. The molecule has 1 N–H and O–H groups in total. The zero-order valence-corrected chi connectivity index (χ0v) is 11.2. The van der Waals surface area contributed by atoms with E-state index in [2.05, 4.69) is 28.2 Å². The quantitative estimate of drug-likeness (QED) is 0.862. The van der Waals surface area contributed by atoms with Gasteiger partial charge in [0.15, 0.2) is 11.5 Å². The number of benzene rings is 1. The van der Waals surface area contributed by atoms with Gasteiger partial charge in [0.25, 0.3) is 0 Å². The fraction of sp³-hybridized carbons (Fsp3) is 0.500. The predicted molar refractivity (Wildman–Crippen MR) is 66.6 cm³/mol. The second kappa shape index (κ2) is 4.48. The van der Waals surface area contributed by atoms with Gasteiger partial charge in [-0.1, -0.05) is 0 Å². The van der Waals surface area contributed by atoms with Crippen molar-refractivity contribution in [3.05, 3.63) is 21.7 Å². The van der Waals surface area contributed by atoms with Gasteiger partial charge < -0.3 is 19.5 Å². The molecule has 1 unspecified atom stereocenters. The normalized spacial score (nSPS) is 22.8. The Morgan fingerprint density at radius 2 is 2.29 bits per heavy atom. The van der Waals surface area contributed by atoms with Gasteiger partial charge in [-0.15, -0.1) is 0 Å². The zero-order valence-electron chi connectivity index (χ0n) is 9.59. The van der Waals surface area contributed by atoms with Gasteiger partial charge in [0.05, 0.1) is 17.2 Å². The third-order valence-corrected chi connectivity index (χ3v) is 3.89. The summed E-state index contributed by atoms with van der Waals surface area (Å²) in [5.74, 6) is 1.60. The van der Waals surface area contributed by atoms with E-state index in [4.69, 9.17) is 14.2 Å². The number of hydrogen-bond acceptors (Lipinski definition) is 4. The third-order valence-electron chi connectivity index (χ3n) is 3.10. The Morgan fingerprint density at radius 1 is 1.41 bits per heavy atom. The number of rotatable bonds is 1. The van der Waals surface area contributed by atoms with Crippen LogP contribution in [0.4, 0.5) is 0 Å². The van der Waals surface area contributed by atoms with Crippen molar-refractivity contribution in [2.24, 2.45) is 0 Å². The third kappa shape index (κ3) is 1.92. The average Bonchev–Trinajstić information content (AvgIpc) is 2.78. The molecule has 5 heteroatoms. The van der Waals surface area contributed by atoms with Gasteiger partial charge in [0.1, 0.15) is 0 Å². The number of hydrogen-bond donors (Lipinski definition) is 1. The summed E-state index contributed by atoms with van der Waals surface area (Å²) in [7, 11) is 0. The minimum absolute atomic E-state index is 0.0765. The molecule has 0 aliphatic carbocycles. The molecule has 2 aliphatic heterocycles. The molecule has 2 heterocycles. The van der Waals surface area contributed by atoms with Gasteiger partial charge >= 0.3 is 0 Å². The summed E-state index contributed by atoms with van der Waals surface area (Å²) in [4.78, 5) is 0. The molecule has 4 nitrogen and oxygen atoms in total. The largest absolute Gasteiger partial charge is 0.454 e. The minimum atomic E-state index is 0.0765. The highest BCUT2D eigenvalue weighted by molar-refractivity contribution is 9.10. The molecule has 0 spiro atoms. The van der Waals surface area contributed by atoms with Crippen LogP contribution in [0.15, 0.2) is 10.5 Å². The number of morpholine rings is 1. The van der Waals surface area contributed by atoms with Crippen LogP contribution in [0.5, 0.6) is 11.5 Å². The molecule has 1 fully saturated rings. The molecular weight excluding hydrogens is 286 g/mol. The summed E-state index contributed by atoms with van der Waals surface area (Å²) in [6.45, 7) is 4.85. The molecule has 0 amide bonds. The number of ether oxygens (including phenoxy) is 3. The first-order valence-electron chi connectivity index (χ1n) is 5.68. The van der Waals surface area contributed by atoms with Crippen molar-refractivity contribution < 1.29 is 14.2 Å². The molecule has 17 heavy (non-hydrogen) atoms. The molecule has 1 aromatic rings. The molecule has 1 saturated heterocycles. The Labute approximate surface area is 108 Å². The first-order chi connectivity index (χ1) is 8.27. The van der Waals surface area contributed by atoms with E-state index >= 15 is 0 Å². The molecule has 92 valence electrons. The predicted octanol–water partition coefficient (Wildman–Crippen LogP) is 2.15. The lowest BCUT2D eigenvalue weighted by Gasteiger charge is -2.26. The number of fused-ring (bicyclic) bond motifs is 1. The van der Waals surface area contributed by atoms with Gasteiger partial charge in [0, 0.05) is 18.7 Å². The number of halogens is 1. The summed E-state index contributed by atoms with van der Waals surface area (Å²) in [5, 5.41) is 3.34. The lowest BCUT2D eigenvalue weighted by molar-refractivity contribution is 0.0267. The number of aryl methyl sites for hydroxylation is 1. The first kappa shape index (κ1) is 11.3. The SMILES string of the molecule is Cc1cc2c(c(Br)c1C1CNCCO1)OCO2. The Balaban J connectivity index is 2.03. The van der Waals surface area contributed by atoms with E-state index in [9.17, 15) is 0 Å². The van der Waals surface area contributed by atoms with Crippen molar-refractivity contribution in [1.82, 2.24) is 5.32 Å². The van der Waals surface area contributed by atoms with Crippen molar-refractivity contribution in [3.63, 3.8) is 0 Å². The summed E-state index contributed by atoms with van der Waals surface area (Å²) < 4.78 is 17.6. The average molecular weight is 300 g/mol. The maximum absolute atomic E-state index is 5.80. The van der Waals surface area contributed by atoms with Crippen LogP contribution < -0.4 is 14.8 Å². The Morgan fingerprint density at radius 3 is 3.06 bits per heavy atom. The molecule has 1 aromatic carbocycles. The highest BCUT2D eigenvalue weighted by atomic mass is 79.9. The van der Waals surface area contributed by atoms with Gasteiger partial charge in [-0.25, -0.2) is 0 Å². The Hall–Kier alpha value is -0.780. The van der Waals surface area contributed by atoms with Gasteiger partial charge in [0.2, 0.25) is 6.79 Å². The van der Waals surface area contributed by atoms with Crippen molar-refractivity contribution in [2.75, 3.05) is 26.5 Å². The van der Waals surface area contributed by atoms with E-state index in [1.54, 1.807) is 0 Å². The zero-order chi connectivity index (χ0) is 11.8. The molecule has 0 radical (unpaired) electrons. The van der Waals surface area contributed by atoms with E-state index in [1.807, 2.05) is 6.07 Å². The number of nitrogens with one attached hydrogen (secondary N) is 1. The molecule has 0 saturated carbocycles. The molecule has 0 aromatic heterocycles. The summed E-state index contributed by atoms with van der Waals surface area (Å²) >= 11 is 3.61. The van der Waals surface area contributed by atoms with Crippen LogP contribution in [0.25, 0.3) is 0 Å². The van der Waals surface area contributed by atoms with E-state index in [-0.39, 0.29) is 6.10 Å². The smallest absolute Gasteiger partial charge is 0.231 e. The van der Waals surface area contributed by atoms with E-state index < -0.39 is 0 Å². The fourth-order valence-electron chi connectivity index (χ4n) is 2.28. The second-order valence-electron chi connectivity index (χ2n) is 4.22. The summed E-state index contributed by atoms with van der Waals surface area (Å²) in [6, 6.07) is 2.01. The molecule has 3 rings (SSSR count). The maximum Gasteiger partial charge on any atom is 0.231 e. The van der Waals surface area contributed by atoms with Gasteiger partial charge in [-0.2, -0.15) is 0 Å². The van der Waals surface area contributed by atoms with Crippen LogP contribution in [0.1, 0.15) is 17.2 Å². The van der Waals surface area contributed by atoms with Crippen LogP contribution in [0.2, 0.25) is 0 Å². The lowest BCUT2D eigenvalue weighted by atomic mass is 10.0. The molecule has 0 bridgehead atoms. The van der Waals surface area contributed by atoms with Crippen LogP contribution in [0.3, 0.4) is 0 Å². The molecular formula is C12H14BrNO3. The van der Waals surface area contributed by atoms with E-state index in [0.717, 1.165) is 46.8 Å². The highest BCUT2D eigenvalue weighted by Gasteiger charge is 2.27. The van der Waals surface area contributed by atoms with Crippen LogP contribution in [-0.2, 0) is 4.74 Å². The van der Waals surface area contributed by atoms with Crippen molar-refractivity contribution in [2.45, 2.75) is 13.0 Å². The monoisotopic (exact) mass is 299 g/mol. The summed E-state index contributed by atoms with van der Waals surface area (Å²) in [5.41, 5.74) is 2.32. The molecule has 2 aliphatic rings. The van der Waals surface area contributed by atoms with Crippen LogP contribution >= 0.6 is 15.9 Å². The van der Waals surface area contributed by atoms with Gasteiger partial charge in [-0.3, -0.25) is 0 Å². The van der Waals surface area contributed by atoms with Crippen molar-refractivity contribution in [1.29, 1.82) is 0 Å². The van der Waals surface area contributed by atoms with Crippen molar-refractivity contribution in [3.8, 4) is 11.5 Å². The van der Waals surface area contributed by atoms with Crippen LogP contribution in [0, 0.1) is 6.92 Å². The standard InChI is InChI=1S/C12H14BrNO3/c1-7-4-8-12(17-6-16-8)11(13)10(7)9-5-14-2-3-15-9/h4,9,14H,2-3,5-6H2,1H3. The van der Waals surface area contributed by atoms with E-state index in [1.165, 1.54) is 0 Å². The Kier molecular flexibility index (Phi) is 2.98. The molecule has 1 atom stereocenters. The first-order valence-corrected chi connectivity index (χ1v) is 6.47. The lowest BCUT2D eigenvalue weighted by Crippen LogP contribution is -2.33. The second-order valence-corrected chi connectivity index (χ2v) is 5.01. The van der Waals surface area contributed by atoms with Gasteiger partial charge in [-0.05, 0) is 34.5 Å². The van der Waals surface area contributed by atoms with E-state index in [0.29, 0.717) is 6.79 Å². The van der Waals surface area contributed by atoms with Crippen molar-refractivity contribution >= 4 is 15.9 Å². The fourth-order valence-corrected chi connectivity index (χ4v) is 3.16. The topological polar surface area (TPSA) is 39.7 Å². The summed E-state index contributed by atoms with van der Waals surface area (Å²) in [6.07, 6.45) is 0.0765. The maximum atomic E-state index is 5.80. The Bertz CT molecular complexity index is 444.